The van der Waals surface area contributed by atoms with Crippen LogP contribution in [0.1, 0.15) is 18.7 Å². The van der Waals surface area contributed by atoms with Gasteiger partial charge in [0, 0.05) is 10.5 Å². The Balaban J connectivity index is 2.54. The second kappa shape index (κ2) is 4.57. The predicted octanol–water partition coefficient (Wildman–Crippen LogP) is 3.31. The first-order valence-corrected chi connectivity index (χ1v) is 6.00. The molecule has 0 saturated heterocycles. The number of nitrogens with zero attached hydrogens (tertiary/aromatic N) is 2. The zero-order valence-electron chi connectivity index (χ0n) is 8.69. The number of hydrogen-bond donors (Lipinski definition) is 1. The predicted molar refractivity (Wildman–Crippen MR) is 68.9 cm³/mol. The smallest absolute Gasteiger partial charge is 0.0995 e. The van der Waals surface area contributed by atoms with Crippen LogP contribution in [0.25, 0.3) is 5.69 Å². The Morgan fingerprint density at radius 2 is 2.25 bits per heavy atom. The third kappa shape index (κ3) is 2.14. The number of imidazole rings is 1. The fourth-order valence-corrected chi connectivity index (χ4v) is 2.28. The summed E-state index contributed by atoms with van der Waals surface area (Å²) in [6, 6.07) is 5.63. The van der Waals surface area contributed by atoms with E-state index in [1.807, 2.05) is 29.7 Å². The summed E-state index contributed by atoms with van der Waals surface area (Å²) in [4.78, 5) is 4.10. The molecule has 0 amide bonds. The molecule has 1 heterocycles. The Morgan fingerprint density at radius 1 is 1.50 bits per heavy atom. The lowest BCUT2D eigenvalue weighted by molar-refractivity contribution is 0.752. The van der Waals surface area contributed by atoms with E-state index < -0.39 is 0 Å². The molecule has 1 aromatic heterocycles. The highest BCUT2D eigenvalue weighted by molar-refractivity contribution is 9.10. The van der Waals surface area contributed by atoms with E-state index in [4.69, 9.17) is 17.3 Å². The van der Waals surface area contributed by atoms with Gasteiger partial charge < -0.3 is 10.3 Å². The van der Waals surface area contributed by atoms with Crippen molar-refractivity contribution >= 4 is 27.5 Å². The molecule has 1 aromatic carbocycles. The largest absolute Gasteiger partial charge is 0.323 e. The van der Waals surface area contributed by atoms with Crippen LogP contribution < -0.4 is 5.73 Å². The lowest BCUT2D eigenvalue weighted by Gasteiger charge is -2.12. The van der Waals surface area contributed by atoms with Crippen LogP contribution in [0.3, 0.4) is 0 Å². The lowest BCUT2D eigenvalue weighted by atomic mass is 10.2. The fourth-order valence-electron chi connectivity index (χ4n) is 1.52. The fraction of sp³-hybridized carbons (Fsp3) is 0.182. The van der Waals surface area contributed by atoms with E-state index >= 15 is 0 Å². The highest BCUT2D eigenvalue weighted by Gasteiger charge is 2.10. The van der Waals surface area contributed by atoms with Crippen LogP contribution in [0.5, 0.6) is 0 Å². The molecule has 2 N–H and O–H groups in total. The standard InChI is InChI=1S/C11H11BrClN3/c1-7(14)11-5-15-6-16(11)10-3-2-8(12)4-9(10)13/h2-7H,14H2,1H3. The Labute approximate surface area is 107 Å². The van der Waals surface area contributed by atoms with Gasteiger partial charge in [0.1, 0.15) is 0 Å². The molecule has 2 rings (SSSR count). The minimum Gasteiger partial charge on any atom is -0.323 e. The van der Waals surface area contributed by atoms with Gasteiger partial charge in [-0.25, -0.2) is 4.98 Å². The third-order valence-corrected chi connectivity index (χ3v) is 3.10. The van der Waals surface area contributed by atoms with Gasteiger partial charge in [0.15, 0.2) is 0 Å². The lowest BCUT2D eigenvalue weighted by Crippen LogP contribution is -2.10. The highest BCUT2D eigenvalue weighted by atomic mass is 79.9. The van der Waals surface area contributed by atoms with Crippen LogP contribution >= 0.6 is 27.5 Å². The van der Waals surface area contributed by atoms with Crippen molar-refractivity contribution in [3.63, 3.8) is 0 Å². The van der Waals surface area contributed by atoms with E-state index in [1.165, 1.54) is 0 Å². The summed E-state index contributed by atoms with van der Waals surface area (Å²) in [5.74, 6) is 0. The average molecular weight is 301 g/mol. The van der Waals surface area contributed by atoms with Crippen molar-refractivity contribution in [1.82, 2.24) is 9.55 Å². The SMILES string of the molecule is CC(N)c1cncn1-c1ccc(Br)cc1Cl. The minimum absolute atomic E-state index is 0.0813. The number of rotatable bonds is 2. The molecule has 0 radical (unpaired) electrons. The molecule has 0 fully saturated rings. The van der Waals surface area contributed by atoms with E-state index in [-0.39, 0.29) is 6.04 Å². The van der Waals surface area contributed by atoms with Crippen molar-refractivity contribution in [3.05, 3.63) is 45.9 Å². The van der Waals surface area contributed by atoms with Crippen molar-refractivity contribution in [2.75, 3.05) is 0 Å². The van der Waals surface area contributed by atoms with E-state index in [0.29, 0.717) is 5.02 Å². The van der Waals surface area contributed by atoms with E-state index in [2.05, 4.69) is 20.9 Å². The molecule has 0 spiro atoms. The van der Waals surface area contributed by atoms with Crippen molar-refractivity contribution < 1.29 is 0 Å². The number of halogens is 2. The second-order valence-electron chi connectivity index (χ2n) is 3.57. The normalized spacial score (nSPS) is 12.8. The molecular formula is C11H11BrClN3. The zero-order chi connectivity index (χ0) is 11.7. The van der Waals surface area contributed by atoms with Crippen LogP contribution in [0.4, 0.5) is 0 Å². The molecule has 0 saturated carbocycles. The summed E-state index contributed by atoms with van der Waals surface area (Å²) in [6.07, 6.45) is 3.47. The topological polar surface area (TPSA) is 43.8 Å². The number of hydrogen-bond acceptors (Lipinski definition) is 2. The van der Waals surface area contributed by atoms with Gasteiger partial charge in [0.25, 0.3) is 0 Å². The Hall–Kier alpha value is -0.840. The van der Waals surface area contributed by atoms with Crippen LogP contribution in [0.2, 0.25) is 5.02 Å². The molecule has 0 aliphatic rings. The monoisotopic (exact) mass is 299 g/mol. The van der Waals surface area contributed by atoms with Crippen molar-refractivity contribution in [2.24, 2.45) is 5.73 Å². The molecule has 0 aliphatic heterocycles. The second-order valence-corrected chi connectivity index (χ2v) is 4.90. The Morgan fingerprint density at radius 3 is 2.88 bits per heavy atom. The third-order valence-electron chi connectivity index (χ3n) is 2.30. The maximum atomic E-state index is 6.18. The van der Waals surface area contributed by atoms with Gasteiger partial charge in [-0.3, -0.25) is 0 Å². The maximum absolute atomic E-state index is 6.18. The van der Waals surface area contributed by atoms with Gasteiger partial charge in [-0.1, -0.05) is 27.5 Å². The quantitative estimate of drug-likeness (QED) is 0.924. The van der Waals surface area contributed by atoms with E-state index in [1.54, 1.807) is 12.5 Å². The summed E-state index contributed by atoms with van der Waals surface area (Å²) in [6.45, 7) is 1.92. The maximum Gasteiger partial charge on any atom is 0.0995 e. The minimum atomic E-state index is -0.0813. The van der Waals surface area contributed by atoms with Gasteiger partial charge in [0.2, 0.25) is 0 Å². The average Bonchev–Trinajstić information content (AvgIpc) is 2.66. The Bertz CT molecular complexity index is 508. The van der Waals surface area contributed by atoms with Gasteiger partial charge in [-0.15, -0.1) is 0 Å². The molecule has 0 bridgehead atoms. The molecule has 2 aromatic rings. The van der Waals surface area contributed by atoms with Gasteiger partial charge in [-0.2, -0.15) is 0 Å². The van der Waals surface area contributed by atoms with Gasteiger partial charge >= 0.3 is 0 Å². The van der Waals surface area contributed by atoms with E-state index in [0.717, 1.165) is 15.9 Å². The van der Waals surface area contributed by atoms with Crippen molar-refractivity contribution in [3.8, 4) is 5.69 Å². The molecule has 1 unspecified atom stereocenters. The summed E-state index contributed by atoms with van der Waals surface area (Å²) in [5.41, 5.74) is 7.68. The molecule has 16 heavy (non-hydrogen) atoms. The van der Waals surface area contributed by atoms with Crippen LogP contribution in [0.15, 0.2) is 35.2 Å². The van der Waals surface area contributed by atoms with E-state index in [9.17, 15) is 0 Å². The van der Waals surface area contributed by atoms with Crippen LogP contribution in [-0.2, 0) is 0 Å². The summed E-state index contributed by atoms with van der Waals surface area (Å²) in [7, 11) is 0. The number of nitrogens with two attached hydrogens (primary N) is 1. The van der Waals surface area contributed by atoms with Gasteiger partial charge in [0.05, 0.1) is 28.9 Å². The summed E-state index contributed by atoms with van der Waals surface area (Å²) >= 11 is 9.55. The number of aromatic nitrogens is 2. The molecule has 3 nitrogen and oxygen atoms in total. The summed E-state index contributed by atoms with van der Waals surface area (Å²) in [5, 5.41) is 0.661. The summed E-state index contributed by atoms with van der Waals surface area (Å²) < 4.78 is 2.85. The van der Waals surface area contributed by atoms with Crippen LogP contribution in [-0.4, -0.2) is 9.55 Å². The highest BCUT2D eigenvalue weighted by Crippen LogP contribution is 2.26. The molecule has 84 valence electrons. The first kappa shape index (κ1) is 11.6. The van der Waals surface area contributed by atoms with Crippen molar-refractivity contribution in [2.45, 2.75) is 13.0 Å². The number of benzene rings is 1. The molecule has 5 heteroatoms. The molecular weight excluding hydrogens is 289 g/mol. The molecule has 1 atom stereocenters. The molecule has 0 aliphatic carbocycles. The Kier molecular flexibility index (Phi) is 3.33. The van der Waals surface area contributed by atoms with Gasteiger partial charge in [-0.05, 0) is 25.1 Å². The first-order chi connectivity index (χ1) is 7.59. The van der Waals surface area contributed by atoms with Crippen LogP contribution in [0, 0.1) is 0 Å². The van der Waals surface area contributed by atoms with Crippen molar-refractivity contribution in [1.29, 1.82) is 0 Å². The zero-order valence-corrected chi connectivity index (χ0v) is 11.0. The first-order valence-electron chi connectivity index (χ1n) is 4.83.